The number of amides is 1. The molecule has 1 heterocycles. The molecule has 0 spiro atoms. The van der Waals surface area contributed by atoms with E-state index in [0.29, 0.717) is 18.1 Å². The van der Waals surface area contributed by atoms with Gasteiger partial charge < -0.3 is 10.1 Å². The van der Waals surface area contributed by atoms with Gasteiger partial charge in [-0.15, -0.1) is 0 Å². The number of carbonyl (C=O) groups is 2. The molecule has 19 heavy (non-hydrogen) atoms. The monoisotopic (exact) mass is 262 g/mol. The van der Waals surface area contributed by atoms with Crippen LogP contribution in [0, 0.1) is 0 Å². The molecular formula is C14H18N2O3. The maximum atomic E-state index is 11.8. The van der Waals surface area contributed by atoms with Crippen LogP contribution in [0.1, 0.15) is 48.2 Å². The summed E-state index contributed by atoms with van der Waals surface area (Å²) in [4.78, 5) is 27.2. The third kappa shape index (κ3) is 4.05. The van der Waals surface area contributed by atoms with Gasteiger partial charge in [-0.25, -0.2) is 0 Å². The van der Waals surface area contributed by atoms with Gasteiger partial charge in [-0.05, 0) is 31.9 Å². The lowest BCUT2D eigenvalue weighted by Crippen LogP contribution is -2.26. The van der Waals surface area contributed by atoms with Gasteiger partial charge >= 0.3 is 5.97 Å². The summed E-state index contributed by atoms with van der Waals surface area (Å²) in [5.74, 6) is 0.0741. The van der Waals surface area contributed by atoms with Crippen LogP contribution in [0.5, 0.6) is 0 Å². The first-order chi connectivity index (χ1) is 9.20. The lowest BCUT2D eigenvalue weighted by atomic mass is 10.2. The van der Waals surface area contributed by atoms with Crippen LogP contribution in [-0.4, -0.2) is 30.0 Å². The van der Waals surface area contributed by atoms with Crippen molar-refractivity contribution in [3.8, 4) is 0 Å². The van der Waals surface area contributed by atoms with Crippen LogP contribution in [0.3, 0.4) is 0 Å². The minimum Gasteiger partial charge on any atom is -0.466 e. The third-order valence-corrected chi connectivity index (χ3v) is 2.96. The first-order valence-corrected chi connectivity index (χ1v) is 6.60. The minimum atomic E-state index is -0.301. The summed E-state index contributed by atoms with van der Waals surface area (Å²) in [7, 11) is 0. The Kier molecular flexibility index (Phi) is 4.49. The van der Waals surface area contributed by atoms with Crippen LogP contribution in [0.25, 0.3) is 0 Å². The molecule has 0 radical (unpaired) electrons. The van der Waals surface area contributed by atoms with Crippen molar-refractivity contribution < 1.29 is 14.3 Å². The highest BCUT2D eigenvalue weighted by Gasteiger charge is 2.24. The predicted molar refractivity (Wildman–Crippen MR) is 69.8 cm³/mol. The molecule has 1 N–H and O–H groups in total. The van der Waals surface area contributed by atoms with E-state index in [2.05, 4.69) is 10.3 Å². The molecule has 1 amide bonds. The van der Waals surface area contributed by atoms with E-state index in [-0.39, 0.29) is 24.8 Å². The predicted octanol–water partition coefficient (Wildman–Crippen LogP) is 1.64. The van der Waals surface area contributed by atoms with Crippen molar-refractivity contribution in [2.75, 3.05) is 13.2 Å². The number of aromatic nitrogens is 1. The third-order valence-electron chi connectivity index (χ3n) is 2.96. The van der Waals surface area contributed by atoms with Gasteiger partial charge in [0.2, 0.25) is 0 Å². The topological polar surface area (TPSA) is 68.3 Å². The maximum absolute atomic E-state index is 11.8. The summed E-state index contributed by atoms with van der Waals surface area (Å²) in [6.07, 6.45) is 4.16. The second kappa shape index (κ2) is 6.31. The second-order valence-electron chi connectivity index (χ2n) is 4.56. The quantitative estimate of drug-likeness (QED) is 0.791. The fourth-order valence-corrected chi connectivity index (χ4v) is 1.77. The number of nitrogens with one attached hydrogen (secondary N) is 1. The average Bonchev–Trinajstić information content (AvgIpc) is 3.23. The molecule has 5 nitrogen and oxygen atoms in total. The number of pyridine rings is 1. The van der Waals surface area contributed by atoms with Gasteiger partial charge in [0, 0.05) is 24.4 Å². The van der Waals surface area contributed by atoms with Crippen molar-refractivity contribution in [1.29, 1.82) is 0 Å². The number of nitrogens with zero attached hydrogens (tertiary/aromatic N) is 1. The van der Waals surface area contributed by atoms with Gasteiger partial charge in [0.05, 0.1) is 18.6 Å². The summed E-state index contributed by atoms with van der Waals surface area (Å²) in [5, 5.41) is 2.67. The molecule has 2 rings (SSSR count). The van der Waals surface area contributed by atoms with E-state index in [4.69, 9.17) is 4.74 Å². The molecule has 0 aliphatic heterocycles. The van der Waals surface area contributed by atoms with Crippen LogP contribution in [0.15, 0.2) is 18.3 Å². The largest absolute Gasteiger partial charge is 0.466 e. The van der Waals surface area contributed by atoms with Gasteiger partial charge in [0.15, 0.2) is 0 Å². The molecule has 0 unspecified atom stereocenters. The Morgan fingerprint density at radius 2 is 2.21 bits per heavy atom. The molecule has 0 atom stereocenters. The SMILES string of the molecule is CCOC(=O)CCNC(=O)c1ccc(C2CC2)nc1. The lowest BCUT2D eigenvalue weighted by Gasteiger charge is -2.05. The van der Waals surface area contributed by atoms with Crippen molar-refractivity contribution in [2.24, 2.45) is 0 Å². The van der Waals surface area contributed by atoms with Crippen molar-refractivity contribution in [1.82, 2.24) is 10.3 Å². The molecule has 102 valence electrons. The van der Waals surface area contributed by atoms with Gasteiger partial charge in [0.1, 0.15) is 0 Å². The number of carbonyl (C=O) groups excluding carboxylic acids is 2. The molecule has 1 aromatic heterocycles. The average molecular weight is 262 g/mol. The number of rotatable bonds is 6. The van der Waals surface area contributed by atoms with Gasteiger partial charge in [-0.1, -0.05) is 0 Å². The van der Waals surface area contributed by atoms with E-state index in [1.54, 1.807) is 19.2 Å². The van der Waals surface area contributed by atoms with E-state index in [0.717, 1.165) is 5.69 Å². The summed E-state index contributed by atoms with van der Waals surface area (Å²) in [5.41, 5.74) is 1.58. The Labute approximate surface area is 112 Å². The molecule has 1 fully saturated rings. The number of hydrogen-bond donors (Lipinski definition) is 1. The van der Waals surface area contributed by atoms with Crippen LogP contribution in [0.4, 0.5) is 0 Å². The Morgan fingerprint density at radius 3 is 2.79 bits per heavy atom. The first-order valence-electron chi connectivity index (χ1n) is 6.60. The van der Waals surface area contributed by atoms with Crippen LogP contribution < -0.4 is 5.32 Å². The first kappa shape index (κ1) is 13.5. The van der Waals surface area contributed by atoms with Crippen molar-refractivity contribution >= 4 is 11.9 Å². The van der Waals surface area contributed by atoms with Gasteiger partial charge in [-0.3, -0.25) is 14.6 Å². The van der Waals surface area contributed by atoms with E-state index in [9.17, 15) is 9.59 Å². The molecule has 1 aliphatic rings. The van der Waals surface area contributed by atoms with Crippen molar-refractivity contribution in [3.05, 3.63) is 29.6 Å². The van der Waals surface area contributed by atoms with Crippen LogP contribution in [0.2, 0.25) is 0 Å². The van der Waals surface area contributed by atoms with E-state index in [1.165, 1.54) is 12.8 Å². The van der Waals surface area contributed by atoms with Gasteiger partial charge in [-0.2, -0.15) is 0 Å². The molecule has 0 saturated heterocycles. The zero-order valence-electron chi connectivity index (χ0n) is 11.0. The molecule has 1 aromatic rings. The second-order valence-corrected chi connectivity index (χ2v) is 4.56. The Hall–Kier alpha value is -1.91. The Bertz CT molecular complexity index is 452. The highest BCUT2D eigenvalue weighted by molar-refractivity contribution is 5.94. The Morgan fingerprint density at radius 1 is 1.42 bits per heavy atom. The lowest BCUT2D eigenvalue weighted by molar-refractivity contribution is -0.142. The Balaban J connectivity index is 1.77. The normalized spacial score (nSPS) is 13.9. The van der Waals surface area contributed by atoms with E-state index in [1.807, 2.05) is 6.07 Å². The number of esters is 1. The zero-order valence-corrected chi connectivity index (χ0v) is 11.0. The van der Waals surface area contributed by atoms with E-state index < -0.39 is 0 Å². The number of ether oxygens (including phenoxy) is 1. The highest BCUT2D eigenvalue weighted by atomic mass is 16.5. The zero-order chi connectivity index (χ0) is 13.7. The van der Waals surface area contributed by atoms with Gasteiger partial charge in [0.25, 0.3) is 5.91 Å². The molecule has 5 heteroatoms. The summed E-state index contributed by atoms with van der Waals surface area (Å²) >= 11 is 0. The molecule has 1 saturated carbocycles. The summed E-state index contributed by atoms with van der Waals surface area (Å²) < 4.78 is 4.78. The fourth-order valence-electron chi connectivity index (χ4n) is 1.77. The van der Waals surface area contributed by atoms with Crippen molar-refractivity contribution in [3.63, 3.8) is 0 Å². The molecule has 0 bridgehead atoms. The summed E-state index contributed by atoms with van der Waals surface area (Å²) in [6, 6.07) is 3.68. The standard InChI is InChI=1S/C14H18N2O3/c1-2-19-13(17)7-8-15-14(18)11-5-6-12(16-9-11)10-3-4-10/h5-6,9-10H,2-4,7-8H2,1H3,(H,15,18). The van der Waals surface area contributed by atoms with Crippen molar-refractivity contribution in [2.45, 2.75) is 32.1 Å². The maximum Gasteiger partial charge on any atom is 0.307 e. The molecular weight excluding hydrogens is 244 g/mol. The number of hydrogen-bond acceptors (Lipinski definition) is 4. The van der Waals surface area contributed by atoms with Crippen LogP contribution >= 0.6 is 0 Å². The smallest absolute Gasteiger partial charge is 0.307 e. The highest BCUT2D eigenvalue weighted by Crippen LogP contribution is 2.38. The fraction of sp³-hybridized carbons (Fsp3) is 0.500. The minimum absolute atomic E-state index is 0.188. The summed E-state index contributed by atoms with van der Waals surface area (Å²) in [6.45, 7) is 2.39. The van der Waals surface area contributed by atoms with E-state index >= 15 is 0 Å². The molecule has 1 aliphatic carbocycles. The van der Waals surface area contributed by atoms with Crippen LogP contribution in [-0.2, 0) is 9.53 Å². The molecule has 0 aromatic carbocycles.